The molecule has 0 saturated heterocycles. The van der Waals surface area contributed by atoms with Crippen molar-refractivity contribution in [3.8, 4) is 0 Å². The molecular formula is C10H13NO3S. The van der Waals surface area contributed by atoms with Gasteiger partial charge in [-0.05, 0) is 11.4 Å². The molecule has 82 valence electrons. The number of esters is 1. The predicted molar refractivity (Wildman–Crippen MR) is 57.6 cm³/mol. The van der Waals surface area contributed by atoms with E-state index in [1.165, 1.54) is 14.0 Å². The number of hydrogen-bond acceptors (Lipinski definition) is 4. The second kappa shape index (κ2) is 5.50. The first kappa shape index (κ1) is 11.7. The molecule has 0 aliphatic rings. The number of carbonyl (C=O) groups excluding carboxylic acids is 2. The smallest absolute Gasteiger partial charge is 0.328 e. The molecule has 0 aliphatic heterocycles. The molecule has 1 unspecified atom stereocenters. The van der Waals surface area contributed by atoms with Gasteiger partial charge in [0.1, 0.15) is 6.04 Å². The van der Waals surface area contributed by atoms with Gasteiger partial charge in [0.25, 0.3) is 0 Å². The Labute approximate surface area is 92.2 Å². The lowest BCUT2D eigenvalue weighted by molar-refractivity contribution is -0.144. The van der Waals surface area contributed by atoms with Crippen LogP contribution in [0.1, 0.15) is 11.8 Å². The van der Waals surface area contributed by atoms with Gasteiger partial charge in [0.15, 0.2) is 0 Å². The highest BCUT2D eigenvalue weighted by atomic mass is 32.1. The second-order valence-corrected chi connectivity index (χ2v) is 4.09. The molecule has 0 bridgehead atoms. The molecule has 0 aromatic carbocycles. The highest BCUT2D eigenvalue weighted by molar-refractivity contribution is 7.09. The minimum atomic E-state index is -0.592. The number of rotatable bonds is 4. The molecule has 0 spiro atoms. The van der Waals surface area contributed by atoms with Crippen LogP contribution in [0.2, 0.25) is 0 Å². The lowest BCUT2D eigenvalue weighted by Crippen LogP contribution is -2.41. The van der Waals surface area contributed by atoms with E-state index >= 15 is 0 Å². The number of methoxy groups -OCH3 is 1. The van der Waals surface area contributed by atoms with Crippen molar-refractivity contribution in [3.05, 3.63) is 22.4 Å². The Morgan fingerprint density at radius 3 is 2.80 bits per heavy atom. The van der Waals surface area contributed by atoms with Crippen LogP contribution in [-0.4, -0.2) is 25.0 Å². The average Bonchev–Trinajstić information content (AvgIpc) is 2.67. The fourth-order valence-electron chi connectivity index (χ4n) is 1.21. The first-order valence-corrected chi connectivity index (χ1v) is 5.38. The lowest BCUT2D eigenvalue weighted by atomic mass is 10.2. The maximum atomic E-state index is 11.3. The van der Waals surface area contributed by atoms with Crippen molar-refractivity contribution in [2.24, 2.45) is 0 Å². The number of amides is 1. The number of hydrogen-bond donors (Lipinski definition) is 1. The Bertz CT molecular complexity index is 334. The number of nitrogens with one attached hydrogen (secondary N) is 1. The SMILES string of the molecule is COC(=O)C(Cc1cccs1)NC(C)=O. The third-order valence-corrected chi connectivity index (χ3v) is 2.75. The number of ether oxygens (including phenoxy) is 1. The predicted octanol–water partition coefficient (Wildman–Crippen LogP) is 0.968. The summed E-state index contributed by atoms with van der Waals surface area (Å²) in [5, 5.41) is 4.49. The molecule has 0 fully saturated rings. The van der Waals surface area contributed by atoms with Crippen molar-refractivity contribution >= 4 is 23.2 Å². The Kier molecular flexibility index (Phi) is 4.30. The molecule has 1 heterocycles. The molecule has 1 rings (SSSR count). The van der Waals surface area contributed by atoms with E-state index in [4.69, 9.17) is 0 Å². The van der Waals surface area contributed by atoms with Gasteiger partial charge in [-0.1, -0.05) is 6.07 Å². The van der Waals surface area contributed by atoms with E-state index < -0.39 is 12.0 Å². The topological polar surface area (TPSA) is 55.4 Å². The fraction of sp³-hybridized carbons (Fsp3) is 0.400. The van der Waals surface area contributed by atoms with Gasteiger partial charge >= 0.3 is 5.97 Å². The van der Waals surface area contributed by atoms with Gasteiger partial charge < -0.3 is 10.1 Å². The minimum Gasteiger partial charge on any atom is -0.467 e. The Balaban J connectivity index is 2.64. The van der Waals surface area contributed by atoms with Crippen molar-refractivity contribution < 1.29 is 14.3 Å². The zero-order valence-electron chi connectivity index (χ0n) is 8.65. The molecular weight excluding hydrogens is 214 g/mol. The van der Waals surface area contributed by atoms with Crippen molar-refractivity contribution in [1.29, 1.82) is 0 Å². The Hall–Kier alpha value is -1.36. The van der Waals surface area contributed by atoms with E-state index in [0.29, 0.717) is 6.42 Å². The summed E-state index contributed by atoms with van der Waals surface area (Å²) >= 11 is 1.55. The van der Waals surface area contributed by atoms with Gasteiger partial charge in [-0.3, -0.25) is 4.79 Å². The molecule has 1 amide bonds. The maximum absolute atomic E-state index is 11.3. The van der Waals surface area contributed by atoms with Gasteiger partial charge in [0.05, 0.1) is 7.11 Å². The third kappa shape index (κ3) is 3.71. The zero-order valence-corrected chi connectivity index (χ0v) is 9.47. The van der Waals surface area contributed by atoms with Crippen molar-refractivity contribution in [2.45, 2.75) is 19.4 Å². The van der Waals surface area contributed by atoms with E-state index in [-0.39, 0.29) is 5.91 Å². The molecule has 1 atom stereocenters. The fourth-order valence-corrected chi connectivity index (χ4v) is 1.96. The molecule has 0 saturated carbocycles. The summed E-state index contributed by atoms with van der Waals surface area (Å²) in [7, 11) is 1.31. The largest absolute Gasteiger partial charge is 0.467 e. The van der Waals surface area contributed by atoms with Crippen LogP contribution in [0.3, 0.4) is 0 Å². The molecule has 1 aromatic rings. The van der Waals surface area contributed by atoms with Crippen LogP contribution in [0.5, 0.6) is 0 Å². The van der Waals surface area contributed by atoms with Crippen LogP contribution in [-0.2, 0) is 20.7 Å². The van der Waals surface area contributed by atoms with Crippen LogP contribution in [0.25, 0.3) is 0 Å². The van der Waals surface area contributed by atoms with Crippen LogP contribution >= 0.6 is 11.3 Å². The Morgan fingerprint density at radius 2 is 2.33 bits per heavy atom. The summed E-state index contributed by atoms with van der Waals surface area (Å²) in [6.07, 6.45) is 0.476. The van der Waals surface area contributed by atoms with E-state index in [9.17, 15) is 9.59 Å². The van der Waals surface area contributed by atoms with Crippen LogP contribution in [0.15, 0.2) is 17.5 Å². The standard InChI is InChI=1S/C10H13NO3S/c1-7(12)11-9(10(13)14-2)6-8-4-3-5-15-8/h3-5,9H,6H2,1-2H3,(H,11,12). The molecule has 0 aliphatic carbocycles. The van der Waals surface area contributed by atoms with Gasteiger partial charge in [-0.2, -0.15) is 0 Å². The van der Waals surface area contributed by atoms with Crippen molar-refractivity contribution in [2.75, 3.05) is 7.11 Å². The summed E-state index contributed by atoms with van der Waals surface area (Å²) in [4.78, 5) is 23.3. The zero-order chi connectivity index (χ0) is 11.3. The monoisotopic (exact) mass is 227 g/mol. The average molecular weight is 227 g/mol. The molecule has 1 N–H and O–H groups in total. The van der Waals surface area contributed by atoms with E-state index in [1.54, 1.807) is 11.3 Å². The summed E-state index contributed by atoms with van der Waals surface area (Å²) in [5.74, 6) is -0.652. The molecule has 0 radical (unpaired) electrons. The minimum absolute atomic E-state index is 0.234. The summed E-state index contributed by atoms with van der Waals surface area (Å²) in [6, 6.07) is 3.23. The Morgan fingerprint density at radius 1 is 1.60 bits per heavy atom. The number of carbonyl (C=O) groups is 2. The highest BCUT2D eigenvalue weighted by Crippen LogP contribution is 2.11. The van der Waals surface area contributed by atoms with Gasteiger partial charge in [0.2, 0.25) is 5.91 Å². The molecule has 15 heavy (non-hydrogen) atoms. The molecule has 4 nitrogen and oxygen atoms in total. The van der Waals surface area contributed by atoms with Crippen molar-refractivity contribution in [1.82, 2.24) is 5.32 Å². The summed E-state index contributed by atoms with van der Waals surface area (Å²) < 4.78 is 4.61. The van der Waals surface area contributed by atoms with E-state index in [0.717, 1.165) is 4.88 Å². The quantitative estimate of drug-likeness (QED) is 0.780. The molecule has 1 aromatic heterocycles. The van der Waals surface area contributed by atoms with Crippen LogP contribution in [0, 0.1) is 0 Å². The first-order chi connectivity index (χ1) is 7.13. The van der Waals surface area contributed by atoms with Crippen LogP contribution < -0.4 is 5.32 Å². The van der Waals surface area contributed by atoms with Gasteiger partial charge in [-0.15, -0.1) is 11.3 Å². The highest BCUT2D eigenvalue weighted by Gasteiger charge is 2.20. The third-order valence-electron chi connectivity index (χ3n) is 1.85. The number of thiophene rings is 1. The normalized spacial score (nSPS) is 11.9. The molecule has 5 heteroatoms. The van der Waals surface area contributed by atoms with E-state index in [2.05, 4.69) is 10.1 Å². The first-order valence-electron chi connectivity index (χ1n) is 4.50. The summed E-state index contributed by atoms with van der Waals surface area (Å²) in [6.45, 7) is 1.38. The van der Waals surface area contributed by atoms with Crippen LogP contribution in [0.4, 0.5) is 0 Å². The maximum Gasteiger partial charge on any atom is 0.328 e. The summed E-state index contributed by atoms with van der Waals surface area (Å²) in [5.41, 5.74) is 0. The van der Waals surface area contributed by atoms with E-state index in [1.807, 2.05) is 17.5 Å². The second-order valence-electron chi connectivity index (χ2n) is 3.06. The van der Waals surface area contributed by atoms with Gasteiger partial charge in [-0.25, -0.2) is 4.79 Å². The van der Waals surface area contributed by atoms with Crippen molar-refractivity contribution in [3.63, 3.8) is 0 Å². The lowest BCUT2D eigenvalue weighted by Gasteiger charge is -2.14. The van der Waals surface area contributed by atoms with Gasteiger partial charge in [0, 0.05) is 18.2 Å².